The predicted octanol–water partition coefficient (Wildman–Crippen LogP) is 3.98. The fraction of sp³-hybridized carbons (Fsp3) is 0.350. The summed E-state index contributed by atoms with van der Waals surface area (Å²) in [4.78, 5) is 7.17. The Hall–Kier alpha value is -1.60. The highest BCUT2D eigenvalue weighted by Crippen LogP contribution is 2.27. The zero-order chi connectivity index (χ0) is 16.8. The van der Waals surface area contributed by atoms with E-state index in [9.17, 15) is 0 Å². The van der Waals surface area contributed by atoms with Crippen LogP contribution < -0.4 is 10.2 Å². The van der Waals surface area contributed by atoms with Crippen LogP contribution in [0.3, 0.4) is 0 Å². The number of nitrogens with zero attached hydrogens (tertiary/aromatic N) is 2. The monoisotopic (exact) mass is 451 g/mol. The van der Waals surface area contributed by atoms with E-state index in [1.165, 1.54) is 22.4 Å². The van der Waals surface area contributed by atoms with Crippen LogP contribution in [0.4, 0.5) is 5.69 Å². The summed E-state index contributed by atoms with van der Waals surface area (Å²) in [6.45, 7) is 5.22. The van der Waals surface area contributed by atoms with Gasteiger partial charge in [-0.1, -0.05) is 42.5 Å². The van der Waals surface area contributed by atoms with E-state index in [1.807, 2.05) is 6.07 Å². The van der Waals surface area contributed by atoms with Gasteiger partial charge in [0.15, 0.2) is 5.96 Å². The van der Waals surface area contributed by atoms with Crippen molar-refractivity contribution in [1.29, 1.82) is 0 Å². The lowest BCUT2D eigenvalue weighted by Crippen LogP contribution is -2.40. The molecule has 2 aromatic carbocycles. The molecule has 4 nitrogen and oxygen atoms in total. The molecule has 0 unspecified atom stereocenters. The number of hydrogen-bond acceptors (Lipinski definition) is 2. The average Bonchev–Trinajstić information content (AvgIpc) is 3.04. The van der Waals surface area contributed by atoms with Gasteiger partial charge in [0.2, 0.25) is 0 Å². The van der Waals surface area contributed by atoms with Crippen molar-refractivity contribution in [2.45, 2.75) is 26.5 Å². The van der Waals surface area contributed by atoms with Crippen LogP contribution in [0, 0.1) is 0 Å². The van der Waals surface area contributed by atoms with Crippen LogP contribution in [-0.4, -0.2) is 26.2 Å². The van der Waals surface area contributed by atoms with Gasteiger partial charge in [-0.3, -0.25) is 0 Å². The fourth-order valence-electron chi connectivity index (χ4n) is 3.12. The van der Waals surface area contributed by atoms with E-state index in [4.69, 9.17) is 9.73 Å². The van der Waals surface area contributed by atoms with Crippen LogP contribution in [-0.2, 0) is 24.3 Å². The lowest BCUT2D eigenvalue weighted by atomic mass is 10.1. The molecule has 0 aliphatic carbocycles. The SMILES string of the molecule is CCNC(=NCc1ccccc1COC)N1CCc2ccccc21.I. The largest absolute Gasteiger partial charge is 0.380 e. The Bertz CT molecular complexity index is 718. The molecular formula is C20H26IN3O. The molecule has 0 aromatic heterocycles. The van der Waals surface area contributed by atoms with Crippen molar-refractivity contribution in [1.82, 2.24) is 5.32 Å². The molecule has 25 heavy (non-hydrogen) atoms. The molecule has 1 aliphatic rings. The van der Waals surface area contributed by atoms with Crippen LogP contribution in [0.5, 0.6) is 0 Å². The van der Waals surface area contributed by atoms with Crippen molar-refractivity contribution >= 4 is 35.6 Å². The van der Waals surface area contributed by atoms with Crippen LogP contribution in [0.1, 0.15) is 23.6 Å². The van der Waals surface area contributed by atoms with Gasteiger partial charge in [-0.05, 0) is 36.1 Å². The summed E-state index contributed by atoms with van der Waals surface area (Å²) in [5.41, 5.74) is 5.06. The second-order valence-corrected chi connectivity index (χ2v) is 5.90. The van der Waals surface area contributed by atoms with Crippen molar-refractivity contribution in [2.24, 2.45) is 4.99 Å². The van der Waals surface area contributed by atoms with Gasteiger partial charge in [0, 0.05) is 25.9 Å². The van der Waals surface area contributed by atoms with E-state index in [2.05, 4.69) is 59.6 Å². The molecular weight excluding hydrogens is 425 g/mol. The van der Waals surface area contributed by atoms with E-state index < -0.39 is 0 Å². The summed E-state index contributed by atoms with van der Waals surface area (Å²) >= 11 is 0. The summed E-state index contributed by atoms with van der Waals surface area (Å²) in [6.07, 6.45) is 1.07. The maximum Gasteiger partial charge on any atom is 0.198 e. The van der Waals surface area contributed by atoms with E-state index in [0.29, 0.717) is 13.2 Å². The molecule has 1 aliphatic heterocycles. The van der Waals surface area contributed by atoms with Gasteiger partial charge in [0.05, 0.1) is 13.2 Å². The fourth-order valence-corrected chi connectivity index (χ4v) is 3.12. The zero-order valence-electron chi connectivity index (χ0n) is 14.9. The van der Waals surface area contributed by atoms with E-state index >= 15 is 0 Å². The van der Waals surface area contributed by atoms with E-state index in [-0.39, 0.29) is 24.0 Å². The molecule has 0 atom stereocenters. The second kappa shape index (κ2) is 9.77. The lowest BCUT2D eigenvalue weighted by molar-refractivity contribution is 0.184. The Labute approximate surface area is 167 Å². The topological polar surface area (TPSA) is 36.9 Å². The minimum Gasteiger partial charge on any atom is -0.380 e. The zero-order valence-corrected chi connectivity index (χ0v) is 17.2. The third kappa shape index (κ3) is 4.73. The van der Waals surface area contributed by atoms with Gasteiger partial charge in [-0.2, -0.15) is 0 Å². The molecule has 1 heterocycles. The quantitative estimate of drug-likeness (QED) is 0.425. The molecule has 0 bridgehead atoms. The number of rotatable bonds is 5. The first-order chi connectivity index (χ1) is 11.8. The molecule has 2 aromatic rings. The second-order valence-electron chi connectivity index (χ2n) is 5.90. The Morgan fingerprint density at radius 2 is 1.84 bits per heavy atom. The molecule has 0 fully saturated rings. The lowest BCUT2D eigenvalue weighted by Gasteiger charge is -2.22. The van der Waals surface area contributed by atoms with Gasteiger partial charge in [0.1, 0.15) is 0 Å². The molecule has 134 valence electrons. The number of nitrogens with one attached hydrogen (secondary N) is 1. The number of hydrogen-bond donors (Lipinski definition) is 1. The van der Waals surface area contributed by atoms with Crippen LogP contribution in [0.2, 0.25) is 0 Å². The highest BCUT2D eigenvalue weighted by molar-refractivity contribution is 14.0. The molecule has 0 amide bonds. The number of halogens is 1. The third-order valence-corrected chi connectivity index (χ3v) is 4.30. The van der Waals surface area contributed by atoms with Gasteiger partial charge in [-0.15, -0.1) is 24.0 Å². The summed E-state index contributed by atoms with van der Waals surface area (Å²) in [5.74, 6) is 0.953. The van der Waals surface area contributed by atoms with Crippen molar-refractivity contribution < 1.29 is 4.74 Å². The van der Waals surface area contributed by atoms with E-state index in [1.54, 1.807) is 7.11 Å². The summed E-state index contributed by atoms with van der Waals surface area (Å²) in [6, 6.07) is 16.9. The average molecular weight is 451 g/mol. The molecule has 5 heteroatoms. The number of para-hydroxylation sites is 1. The summed E-state index contributed by atoms with van der Waals surface area (Å²) < 4.78 is 5.29. The first-order valence-electron chi connectivity index (χ1n) is 8.53. The minimum atomic E-state index is 0. The van der Waals surface area contributed by atoms with Crippen molar-refractivity contribution in [3.63, 3.8) is 0 Å². The van der Waals surface area contributed by atoms with E-state index in [0.717, 1.165) is 25.5 Å². The first kappa shape index (κ1) is 19.7. The van der Waals surface area contributed by atoms with Gasteiger partial charge >= 0.3 is 0 Å². The number of benzene rings is 2. The number of aliphatic imine (C=N–C) groups is 1. The molecule has 1 N–H and O–H groups in total. The Morgan fingerprint density at radius 1 is 1.12 bits per heavy atom. The van der Waals surface area contributed by atoms with Gasteiger partial charge < -0.3 is 15.0 Å². The van der Waals surface area contributed by atoms with Crippen LogP contribution in [0.25, 0.3) is 0 Å². The molecule has 0 radical (unpaired) electrons. The molecule has 3 rings (SSSR count). The van der Waals surface area contributed by atoms with Crippen LogP contribution in [0.15, 0.2) is 53.5 Å². The standard InChI is InChI=1S/C20H25N3O.HI/c1-3-21-20(23-13-12-16-8-6-7-11-19(16)23)22-14-17-9-4-5-10-18(17)15-24-2;/h4-11H,3,12-15H2,1-2H3,(H,21,22);1H. The summed E-state index contributed by atoms with van der Waals surface area (Å²) in [7, 11) is 1.73. The smallest absolute Gasteiger partial charge is 0.198 e. The maximum absolute atomic E-state index is 5.29. The molecule has 0 saturated carbocycles. The van der Waals surface area contributed by atoms with Crippen molar-refractivity contribution in [3.8, 4) is 0 Å². The normalized spacial score (nSPS) is 13.4. The first-order valence-corrected chi connectivity index (χ1v) is 8.53. The number of ether oxygens (including phenoxy) is 1. The highest BCUT2D eigenvalue weighted by atomic mass is 127. The maximum atomic E-state index is 5.29. The Morgan fingerprint density at radius 3 is 2.60 bits per heavy atom. The minimum absolute atomic E-state index is 0. The molecule has 0 saturated heterocycles. The number of anilines is 1. The number of methoxy groups -OCH3 is 1. The van der Waals surface area contributed by atoms with Crippen molar-refractivity contribution in [2.75, 3.05) is 25.1 Å². The van der Waals surface area contributed by atoms with Gasteiger partial charge in [0.25, 0.3) is 0 Å². The number of fused-ring (bicyclic) bond motifs is 1. The highest BCUT2D eigenvalue weighted by Gasteiger charge is 2.22. The number of guanidine groups is 1. The third-order valence-electron chi connectivity index (χ3n) is 4.30. The Balaban J connectivity index is 0.00000225. The van der Waals surface area contributed by atoms with Crippen molar-refractivity contribution in [3.05, 3.63) is 65.2 Å². The Kier molecular flexibility index (Phi) is 7.71. The van der Waals surface area contributed by atoms with Gasteiger partial charge in [-0.25, -0.2) is 4.99 Å². The summed E-state index contributed by atoms with van der Waals surface area (Å²) in [5, 5.41) is 3.43. The molecule has 0 spiro atoms. The van der Waals surface area contributed by atoms with Crippen LogP contribution >= 0.6 is 24.0 Å². The predicted molar refractivity (Wildman–Crippen MR) is 115 cm³/mol.